The van der Waals surface area contributed by atoms with Crippen LogP contribution in [0.4, 0.5) is 5.82 Å². The Kier molecular flexibility index (Phi) is 4.12. The van der Waals surface area contributed by atoms with Gasteiger partial charge in [0.1, 0.15) is 9.39 Å². The number of rotatable bonds is 4. The first-order chi connectivity index (χ1) is 7.02. The SMILES string of the molecule is CCC(C)(CC)Nc1nc[nH]c(=O)c1I. The molecule has 0 atom stereocenters. The van der Waals surface area contributed by atoms with Crippen LogP contribution in [0.15, 0.2) is 11.1 Å². The molecule has 4 nitrogen and oxygen atoms in total. The van der Waals surface area contributed by atoms with E-state index in [-0.39, 0.29) is 11.1 Å². The predicted octanol–water partition coefficient (Wildman–Crippen LogP) is 2.37. The van der Waals surface area contributed by atoms with Gasteiger partial charge in [-0.25, -0.2) is 4.98 Å². The van der Waals surface area contributed by atoms with Gasteiger partial charge in [0.25, 0.3) is 5.56 Å². The molecule has 0 aliphatic heterocycles. The molecule has 5 heteroatoms. The summed E-state index contributed by atoms with van der Waals surface area (Å²) in [6.07, 6.45) is 3.42. The summed E-state index contributed by atoms with van der Waals surface area (Å²) in [7, 11) is 0. The highest BCUT2D eigenvalue weighted by Gasteiger charge is 2.21. The van der Waals surface area contributed by atoms with Gasteiger partial charge in [0, 0.05) is 5.54 Å². The molecule has 1 aromatic heterocycles. The van der Waals surface area contributed by atoms with Crippen molar-refractivity contribution < 1.29 is 0 Å². The lowest BCUT2D eigenvalue weighted by atomic mass is 9.96. The molecular weight excluding hydrogens is 305 g/mol. The Hall–Kier alpha value is -0.590. The van der Waals surface area contributed by atoms with Crippen LogP contribution in [0.5, 0.6) is 0 Å². The number of anilines is 1. The molecule has 0 aliphatic rings. The van der Waals surface area contributed by atoms with Crippen LogP contribution in [-0.4, -0.2) is 15.5 Å². The number of H-pyrrole nitrogens is 1. The Morgan fingerprint density at radius 1 is 1.53 bits per heavy atom. The summed E-state index contributed by atoms with van der Waals surface area (Å²) in [5.41, 5.74) is -0.0941. The zero-order valence-corrected chi connectivity index (χ0v) is 11.4. The molecule has 0 saturated carbocycles. The molecule has 1 heterocycles. The fraction of sp³-hybridized carbons (Fsp3) is 0.600. The predicted molar refractivity (Wildman–Crippen MR) is 70.2 cm³/mol. The van der Waals surface area contributed by atoms with E-state index < -0.39 is 0 Å². The minimum absolute atomic E-state index is 0.000709. The summed E-state index contributed by atoms with van der Waals surface area (Å²) in [6, 6.07) is 0. The Bertz CT molecular complexity index is 384. The van der Waals surface area contributed by atoms with Crippen LogP contribution in [0.3, 0.4) is 0 Å². The number of hydrogen-bond acceptors (Lipinski definition) is 3. The summed E-state index contributed by atoms with van der Waals surface area (Å²) >= 11 is 2.01. The molecule has 0 amide bonds. The van der Waals surface area contributed by atoms with Crippen molar-refractivity contribution in [2.24, 2.45) is 0 Å². The summed E-state index contributed by atoms with van der Waals surface area (Å²) in [6.45, 7) is 6.37. The van der Waals surface area contributed by atoms with E-state index in [0.717, 1.165) is 12.8 Å². The van der Waals surface area contributed by atoms with Gasteiger partial charge in [0.15, 0.2) is 0 Å². The van der Waals surface area contributed by atoms with E-state index in [0.29, 0.717) is 9.39 Å². The first kappa shape index (κ1) is 12.5. The Balaban J connectivity index is 2.99. The van der Waals surface area contributed by atoms with E-state index in [2.05, 4.69) is 36.1 Å². The number of aromatic nitrogens is 2. The van der Waals surface area contributed by atoms with Crippen molar-refractivity contribution in [3.8, 4) is 0 Å². The number of halogens is 1. The molecule has 0 saturated heterocycles. The Morgan fingerprint density at radius 2 is 2.13 bits per heavy atom. The highest BCUT2D eigenvalue weighted by molar-refractivity contribution is 14.1. The van der Waals surface area contributed by atoms with Gasteiger partial charge in [-0.2, -0.15) is 0 Å². The summed E-state index contributed by atoms with van der Waals surface area (Å²) in [5.74, 6) is 0.672. The van der Waals surface area contributed by atoms with Crippen molar-refractivity contribution in [2.45, 2.75) is 39.2 Å². The molecule has 0 unspecified atom stereocenters. The minimum Gasteiger partial charge on any atom is -0.364 e. The second-order valence-electron chi connectivity index (χ2n) is 3.79. The highest BCUT2D eigenvalue weighted by Crippen LogP contribution is 2.21. The maximum Gasteiger partial charge on any atom is 0.266 e. The summed E-state index contributed by atoms with van der Waals surface area (Å²) in [4.78, 5) is 18.1. The molecule has 1 rings (SSSR count). The van der Waals surface area contributed by atoms with E-state index in [9.17, 15) is 4.79 Å². The summed E-state index contributed by atoms with van der Waals surface area (Å²) < 4.78 is 0.614. The lowest BCUT2D eigenvalue weighted by molar-refractivity contribution is 0.476. The van der Waals surface area contributed by atoms with Gasteiger partial charge < -0.3 is 10.3 Å². The van der Waals surface area contributed by atoms with E-state index in [1.807, 2.05) is 22.6 Å². The van der Waals surface area contributed by atoms with Gasteiger partial charge in [-0.15, -0.1) is 0 Å². The molecule has 0 radical (unpaired) electrons. The van der Waals surface area contributed by atoms with Crippen LogP contribution in [0.2, 0.25) is 0 Å². The van der Waals surface area contributed by atoms with Crippen LogP contribution in [0.25, 0.3) is 0 Å². The maximum absolute atomic E-state index is 11.4. The third kappa shape index (κ3) is 2.93. The van der Waals surface area contributed by atoms with Crippen molar-refractivity contribution in [3.05, 3.63) is 20.3 Å². The average Bonchev–Trinajstić information content (AvgIpc) is 2.25. The second kappa shape index (κ2) is 4.96. The maximum atomic E-state index is 11.4. The molecule has 0 fully saturated rings. The monoisotopic (exact) mass is 321 g/mol. The Labute approximate surface area is 103 Å². The molecular formula is C10H16IN3O. The Morgan fingerprint density at radius 3 is 2.67 bits per heavy atom. The van der Waals surface area contributed by atoms with Crippen molar-refractivity contribution in [1.82, 2.24) is 9.97 Å². The van der Waals surface area contributed by atoms with E-state index in [1.165, 1.54) is 6.33 Å². The number of hydrogen-bond donors (Lipinski definition) is 2. The number of nitrogens with one attached hydrogen (secondary N) is 2. The molecule has 0 aliphatic carbocycles. The zero-order chi connectivity index (χ0) is 11.5. The van der Waals surface area contributed by atoms with Crippen LogP contribution in [0.1, 0.15) is 33.6 Å². The smallest absolute Gasteiger partial charge is 0.266 e. The standard InChI is InChI=1S/C10H16IN3O/c1-4-10(3,5-2)14-8-7(11)9(15)13-6-12-8/h6H,4-5H2,1-3H3,(H2,12,13,14,15). The molecule has 84 valence electrons. The molecule has 0 bridgehead atoms. The molecule has 0 aromatic carbocycles. The topological polar surface area (TPSA) is 57.8 Å². The minimum atomic E-state index is -0.0948. The van der Waals surface area contributed by atoms with Crippen molar-refractivity contribution >= 4 is 28.4 Å². The van der Waals surface area contributed by atoms with Crippen molar-refractivity contribution in [2.75, 3.05) is 5.32 Å². The van der Waals surface area contributed by atoms with Gasteiger partial charge >= 0.3 is 0 Å². The van der Waals surface area contributed by atoms with Gasteiger partial charge in [-0.1, -0.05) is 13.8 Å². The fourth-order valence-electron chi connectivity index (χ4n) is 1.18. The third-order valence-corrected chi connectivity index (χ3v) is 3.78. The molecule has 1 aromatic rings. The highest BCUT2D eigenvalue weighted by atomic mass is 127. The average molecular weight is 321 g/mol. The number of nitrogens with zero attached hydrogens (tertiary/aromatic N) is 1. The van der Waals surface area contributed by atoms with Gasteiger partial charge in [-0.05, 0) is 42.4 Å². The molecule has 15 heavy (non-hydrogen) atoms. The van der Waals surface area contributed by atoms with Crippen LogP contribution in [0, 0.1) is 3.57 Å². The van der Waals surface area contributed by atoms with Crippen LogP contribution in [-0.2, 0) is 0 Å². The third-order valence-electron chi connectivity index (χ3n) is 2.78. The lowest BCUT2D eigenvalue weighted by Crippen LogP contribution is -2.34. The lowest BCUT2D eigenvalue weighted by Gasteiger charge is -2.29. The normalized spacial score (nSPS) is 11.5. The summed E-state index contributed by atoms with van der Waals surface area (Å²) in [5, 5.41) is 3.33. The second-order valence-corrected chi connectivity index (χ2v) is 4.87. The van der Waals surface area contributed by atoms with Crippen LogP contribution < -0.4 is 10.9 Å². The van der Waals surface area contributed by atoms with E-state index >= 15 is 0 Å². The fourth-order valence-corrected chi connectivity index (χ4v) is 1.61. The molecule has 0 spiro atoms. The van der Waals surface area contributed by atoms with Crippen molar-refractivity contribution in [3.63, 3.8) is 0 Å². The van der Waals surface area contributed by atoms with E-state index in [1.54, 1.807) is 0 Å². The van der Waals surface area contributed by atoms with E-state index in [4.69, 9.17) is 0 Å². The quantitative estimate of drug-likeness (QED) is 0.837. The van der Waals surface area contributed by atoms with Gasteiger partial charge in [0.05, 0.1) is 6.33 Å². The first-order valence-electron chi connectivity index (χ1n) is 5.03. The zero-order valence-electron chi connectivity index (χ0n) is 9.22. The van der Waals surface area contributed by atoms with Crippen molar-refractivity contribution in [1.29, 1.82) is 0 Å². The molecule has 2 N–H and O–H groups in total. The number of aromatic amines is 1. The van der Waals surface area contributed by atoms with Gasteiger partial charge in [-0.3, -0.25) is 4.79 Å². The van der Waals surface area contributed by atoms with Gasteiger partial charge in [0.2, 0.25) is 0 Å². The largest absolute Gasteiger partial charge is 0.364 e. The first-order valence-corrected chi connectivity index (χ1v) is 6.11. The van der Waals surface area contributed by atoms with Crippen LogP contribution >= 0.6 is 22.6 Å².